The third kappa shape index (κ3) is 6.73. The molecule has 2 heteroatoms. The Morgan fingerprint density at radius 2 is 0.794 bits per heavy atom. The number of aromatic nitrogens is 1. The number of nitrogens with zero attached hydrogens (tertiary/aromatic N) is 2. The van der Waals surface area contributed by atoms with E-state index in [-0.39, 0.29) is 0 Å². The minimum atomic E-state index is 1.08. The van der Waals surface area contributed by atoms with Gasteiger partial charge in [0, 0.05) is 38.9 Å². The quantitative estimate of drug-likeness (QED) is 0.138. The third-order valence-corrected chi connectivity index (χ3v) is 13.7. The van der Waals surface area contributed by atoms with Crippen molar-refractivity contribution in [3.8, 4) is 50.2 Å². The van der Waals surface area contributed by atoms with Gasteiger partial charge in [0.1, 0.15) is 0 Å². The Balaban J connectivity index is 0.967. The number of para-hydroxylation sites is 2. The Bertz CT molecular complexity index is 4000. The number of benzene rings is 12. The molecule has 0 saturated heterocycles. The van der Waals surface area contributed by atoms with E-state index < -0.39 is 0 Å². The normalized spacial score (nSPS) is 11.5. The van der Waals surface area contributed by atoms with Gasteiger partial charge in [-0.15, -0.1) is 0 Å². The maximum absolute atomic E-state index is 2.45. The first kappa shape index (κ1) is 39.4. The van der Waals surface area contributed by atoms with Crippen LogP contribution in [0.3, 0.4) is 0 Å². The second-order valence-corrected chi connectivity index (χ2v) is 17.7. The van der Waals surface area contributed by atoms with Crippen LogP contribution >= 0.6 is 0 Å². The van der Waals surface area contributed by atoms with Crippen molar-refractivity contribution >= 4 is 71.2 Å². The molecule has 0 unspecified atom stereocenters. The summed E-state index contributed by atoms with van der Waals surface area (Å²) in [6, 6.07) is 97.5. The highest BCUT2D eigenvalue weighted by Crippen LogP contribution is 2.45. The summed E-state index contributed by atoms with van der Waals surface area (Å²) in [5.41, 5.74) is 16.4. The van der Waals surface area contributed by atoms with Crippen molar-refractivity contribution in [2.24, 2.45) is 0 Å². The minimum absolute atomic E-state index is 1.08. The zero-order valence-electron chi connectivity index (χ0n) is 37.3. The lowest BCUT2D eigenvalue weighted by molar-refractivity contribution is 1.19. The van der Waals surface area contributed by atoms with Gasteiger partial charge >= 0.3 is 0 Å². The maximum Gasteiger partial charge on any atom is 0.0625 e. The van der Waals surface area contributed by atoms with E-state index in [0.29, 0.717) is 0 Å². The maximum atomic E-state index is 2.45. The van der Waals surface area contributed by atoms with Crippen molar-refractivity contribution < 1.29 is 0 Å². The van der Waals surface area contributed by atoms with Gasteiger partial charge in [-0.05, 0) is 138 Å². The summed E-state index contributed by atoms with van der Waals surface area (Å²) in [7, 11) is 0. The Labute approximate surface area is 395 Å². The van der Waals surface area contributed by atoms with Gasteiger partial charge in [0.15, 0.2) is 0 Å². The summed E-state index contributed by atoms with van der Waals surface area (Å²) in [6.07, 6.45) is 0. The van der Waals surface area contributed by atoms with Crippen LogP contribution in [0.5, 0.6) is 0 Å². The van der Waals surface area contributed by atoms with Crippen molar-refractivity contribution in [1.29, 1.82) is 0 Å². The fourth-order valence-corrected chi connectivity index (χ4v) is 10.6. The predicted molar refractivity (Wildman–Crippen MR) is 290 cm³/mol. The topological polar surface area (TPSA) is 8.17 Å². The lowest BCUT2D eigenvalue weighted by Crippen LogP contribution is -2.10. The first-order valence-corrected chi connectivity index (χ1v) is 23.4. The zero-order valence-corrected chi connectivity index (χ0v) is 37.3. The predicted octanol–water partition coefficient (Wildman–Crippen LogP) is 18.4. The van der Waals surface area contributed by atoms with Gasteiger partial charge < -0.3 is 9.47 Å². The van der Waals surface area contributed by atoms with E-state index in [1.807, 2.05) is 0 Å². The number of anilines is 3. The Morgan fingerprint density at radius 1 is 0.265 bits per heavy atom. The molecule has 0 amide bonds. The molecule has 1 aromatic heterocycles. The van der Waals surface area contributed by atoms with E-state index in [9.17, 15) is 0 Å². The smallest absolute Gasteiger partial charge is 0.0625 e. The highest BCUT2D eigenvalue weighted by Gasteiger charge is 2.21. The fraction of sp³-hybridized carbons (Fsp3) is 0. The lowest BCUT2D eigenvalue weighted by atomic mass is 9.94. The van der Waals surface area contributed by atoms with Crippen LogP contribution in [0, 0.1) is 0 Å². The van der Waals surface area contributed by atoms with Crippen molar-refractivity contribution in [3.05, 3.63) is 267 Å². The largest absolute Gasteiger partial charge is 0.310 e. The summed E-state index contributed by atoms with van der Waals surface area (Å²) >= 11 is 0. The first-order chi connectivity index (χ1) is 33.7. The van der Waals surface area contributed by atoms with Gasteiger partial charge in [0.2, 0.25) is 0 Å². The van der Waals surface area contributed by atoms with Crippen LogP contribution in [0.1, 0.15) is 0 Å². The van der Waals surface area contributed by atoms with E-state index >= 15 is 0 Å². The van der Waals surface area contributed by atoms with Crippen molar-refractivity contribution in [2.45, 2.75) is 0 Å². The monoisotopic (exact) mass is 864 g/mol. The molecule has 0 aliphatic carbocycles. The molecule has 318 valence electrons. The molecule has 0 aliphatic heterocycles. The second-order valence-electron chi connectivity index (χ2n) is 17.7. The zero-order chi connectivity index (χ0) is 45.0. The highest BCUT2D eigenvalue weighted by atomic mass is 15.1. The van der Waals surface area contributed by atoms with Crippen molar-refractivity contribution in [3.63, 3.8) is 0 Å². The van der Waals surface area contributed by atoms with Gasteiger partial charge in [-0.3, -0.25) is 0 Å². The van der Waals surface area contributed by atoms with E-state index in [0.717, 1.165) is 28.3 Å². The molecular weight excluding hydrogens is 821 g/mol. The van der Waals surface area contributed by atoms with E-state index in [2.05, 4.69) is 276 Å². The van der Waals surface area contributed by atoms with Crippen LogP contribution in [0.2, 0.25) is 0 Å². The SMILES string of the molecule is c1ccc(-c2ccccc2-c2ccc(N(c3ccc(-c4ccc5c(ccc6ccccc65)c4)cc3)c3cccc(-c4cc5ccccc5c5c4c4ccccc4n5-c4ccccc4)c3)cc2)cc1. The molecule has 13 rings (SSSR count). The Morgan fingerprint density at radius 3 is 1.54 bits per heavy atom. The van der Waals surface area contributed by atoms with Crippen LogP contribution in [0.25, 0.3) is 104 Å². The number of fused-ring (bicyclic) bond motifs is 8. The molecule has 68 heavy (non-hydrogen) atoms. The Kier molecular flexibility index (Phi) is 9.54. The summed E-state index contributed by atoms with van der Waals surface area (Å²) in [6.45, 7) is 0. The van der Waals surface area contributed by atoms with Crippen LogP contribution in [-0.2, 0) is 0 Å². The highest BCUT2D eigenvalue weighted by molar-refractivity contribution is 6.24. The van der Waals surface area contributed by atoms with Gasteiger partial charge in [-0.25, -0.2) is 0 Å². The molecule has 2 nitrogen and oxygen atoms in total. The average molecular weight is 865 g/mol. The van der Waals surface area contributed by atoms with Crippen LogP contribution in [0.15, 0.2) is 267 Å². The molecule has 0 N–H and O–H groups in total. The molecular formula is C66H44N2. The van der Waals surface area contributed by atoms with E-state index in [4.69, 9.17) is 0 Å². The molecule has 0 bridgehead atoms. The first-order valence-electron chi connectivity index (χ1n) is 23.4. The minimum Gasteiger partial charge on any atom is -0.310 e. The number of hydrogen-bond donors (Lipinski definition) is 0. The molecule has 0 atom stereocenters. The van der Waals surface area contributed by atoms with Gasteiger partial charge in [-0.1, -0.05) is 200 Å². The van der Waals surface area contributed by atoms with Crippen LogP contribution in [-0.4, -0.2) is 4.57 Å². The van der Waals surface area contributed by atoms with Gasteiger partial charge in [0.05, 0.1) is 11.0 Å². The summed E-state index contributed by atoms with van der Waals surface area (Å²) in [4.78, 5) is 2.40. The van der Waals surface area contributed by atoms with Crippen molar-refractivity contribution in [1.82, 2.24) is 4.57 Å². The molecule has 0 radical (unpaired) electrons. The van der Waals surface area contributed by atoms with E-state index in [1.54, 1.807) is 0 Å². The van der Waals surface area contributed by atoms with Gasteiger partial charge in [-0.2, -0.15) is 0 Å². The molecule has 0 saturated carbocycles. The van der Waals surface area contributed by atoms with Crippen LogP contribution < -0.4 is 4.90 Å². The summed E-state index contributed by atoms with van der Waals surface area (Å²) < 4.78 is 2.45. The molecule has 1 heterocycles. The summed E-state index contributed by atoms with van der Waals surface area (Å²) in [5, 5.41) is 9.99. The standard InChI is InChI=1S/C66H44N2/c1-3-16-46(17-4-1)57-25-11-12-26-59(57)48-34-39-55(40-35-48)67(54-37-32-45(33-38-54)49-36-41-60-52(42-49)31-30-47-18-7-9-24-58(47)60)56-23-15-20-50(43-56)63-44-51-19-8-10-27-61(51)66-65(63)62-28-13-14-29-64(62)68(66)53-21-5-2-6-22-53/h1-44H. The van der Waals surface area contributed by atoms with Gasteiger partial charge in [0.25, 0.3) is 0 Å². The second kappa shape index (κ2) is 16.5. The van der Waals surface area contributed by atoms with Crippen LogP contribution in [0.4, 0.5) is 17.1 Å². The summed E-state index contributed by atoms with van der Waals surface area (Å²) in [5.74, 6) is 0. The lowest BCUT2D eigenvalue weighted by Gasteiger charge is -2.27. The van der Waals surface area contributed by atoms with E-state index in [1.165, 1.54) is 93.1 Å². The molecule has 13 aromatic rings. The van der Waals surface area contributed by atoms with Crippen molar-refractivity contribution in [2.75, 3.05) is 4.90 Å². The number of hydrogen-bond acceptors (Lipinski definition) is 1. The molecule has 12 aromatic carbocycles. The Hall–Kier alpha value is -8.98. The molecule has 0 aliphatic rings. The molecule has 0 fully saturated rings. The third-order valence-electron chi connectivity index (χ3n) is 13.7. The fourth-order valence-electron chi connectivity index (χ4n) is 10.6. The molecule has 0 spiro atoms. The average Bonchev–Trinajstić information content (AvgIpc) is 3.77. The number of rotatable bonds is 8.